The molecule has 172 valence electrons. The van der Waals surface area contributed by atoms with E-state index in [1.54, 1.807) is 29.6 Å². The normalized spacial score (nSPS) is 21.6. The molecule has 0 aromatic heterocycles. The van der Waals surface area contributed by atoms with Crippen LogP contribution in [0.2, 0.25) is 0 Å². The Labute approximate surface area is 189 Å². The molecule has 1 fully saturated rings. The van der Waals surface area contributed by atoms with Gasteiger partial charge in [0.1, 0.15) is 11.5 Å². The lowest BCUT2D eigenvalue weighted by atomic mass is 9.97. The number of carbonyl (C=O) groups is 1. The average molecular weight is 459 g/mol. The van der Waals surface area contributed by atoms with E-state index < -0.39 is 16.1 Å². The molecule has 2 aliphatic heterocycles. The molecule has 7 nitrogen and oxygen atoms in total. The van der Waals surface area contributed by atoms with Crippen LogP contribution in [0, 0.1) is 5.92 Å². The summed E-state index contributed by atoms with van der Waals surface area (Å²) in [6.45, 7) is 5.51. The Morgan fingerprint density at radius 1 is 1.12 bits per heavy atom. The Kier molecular flexibility index (Phi) is 6.44. The highest BCUT2D eigenvalue weighted by Gasteiger charge is 2.38. The number of hydrogen-bond acceptors (Lipinski definition) is 5. The minimum Gasteiger partial charge on any atom is -0.497 e. The summed E-state index contributed by atoms with van der Waals surface area (Å²) in [6, 6.07) is 12.4. The van der Waals surface area contributed by atoms with Crippen molar-refractivity contribution in [3.63, 3.8) is 0 Å². The second-order valence-corrected chi connectivity index (χ2v) is 10.6. The van der Waals surface area contributed by atoms with Crippen LogP contribution in [0.3, 0.4) is 0 Å². The number of methoxy groups -OCH3 is 1. The van der Waals surface area contributed by atoms with Gasteiger partial charge in [-0.15, -0.1) is 0 Å². The summed E-state index contributed by atoms with van der Waals surface area (Å²) in [4.78, 5) is 13.1. The Morgan fingerprint density at radius 2 is 1.81 bits per heavy atom. The van der Waals surface area contributed by atoms with Crippen LogP contribution in [0.25, 0.3) is 0 Å². The number of amides is 1. The molecule has 1 amide bonds. The van der Waals surface area contributed by atoms with Gasteiger partial charge in [0.25, 0.3) is 5.91 Å². The number of piperidine rings is 1. The van der Waals surface area contributed by atoms with Crippen molar-refractivity contribution in [3.8, 4) is 11.5 Å². The Bertz CT molecular complexity index is 1080. The van der Waals surface area contributed by atoms with Crippen molar-refractivity contribution in [2.45, 2.75) is 50.2 Å². The van der Waals surface area contributed by atoms with E-state index in [4.69, 9.17) is 9.47 Å². The van der Waals surface area contributed by atoms with Gasteiger partial charge in [-0.3, -0.25) is 4.79 Å². The van der Waals surface area contributed by atoms with Gasteiger partial charge in [0.05, 0.1) is 12.0 Å². The molecular weight excluding hydrogens is 428 g/mol. The first kappa shape index (κ1) is 22.6. The number of nitrogens with zero attached hydrogens (tertiary/aromatic N) is 1. The van der Waals surface area contributed by atoms with Crippen molar-refractivity contribution in [2.75, 3.05) is 20.2 Å². The number of ether oxygens (including phenoxy) is 2. The summed E-state index contributed by atoms with van der Waals surface area (Å²) in [7, 11) is -1.95. The van der Waals surface area contributed by atoms with Crippen molar-refractivity contribution in [1.29, 1.82) is 0 Å². The van der Waals surface area contributed by atoms with E-state index in [-0.39, 0.29) is 16.7 Å². The Hall–Kier alpha value is -2.58. The molecule has 1 N–H and O–H groups in total. The fourth-order valence-corrected chi connectivity index (χ4v) is 5.75. The molecule has 8 heteroatoms. The first-order valence-corrected chi connectivity index (χ1v) is 12.4. The van der Waals surface area contributed by atoms with E-state index >= 15 is 0 Å². The summed E-state index contributed by atoms with van der Waals surface area (Å²) in [6.07, 6.45) is 1.05. The maximum atomic E-state index is 13.1. The molecule has 0 spiro atoms. The predicted octanol–water partition coefficient (Wildman–Crippen LogP) is 3.30. The summed E-state index contributed by atoms with van der Waals surface area (Å²) >= 11 is 0. The van der Waals surface area contributed by atoms with Crippen molar-refractivity contribution >= 4 is 15.9 Å². The van der Waals surface area contributed by atoms with E-state index in [0.717, 1.165) is 29.7 Å². The zero-order chi connectivity index (χ0) is 22.9. The number of benzene rings is 2. The summed E-state index contributed by atoms with van der Waals surface area (Å²) in [5.74, 6) is 1.39. The van der Waals surface area contributed by atoms with Crippen LogP contribution in [-0.2, 0) is 21.4 Å². The van der Waals surface area contributed by atoms with Gasteiger partial charge in [-0.05, 0) is 54.7 Å². The molecule has 2 atom stereocenters. The van der Waals surface area contributed by atoms with Gasteiger partial charge in [-0.1, -0.05) is 26.0 Å². The molecule has 0 radical (unpaired) electrons. The smallest absolute Gasteiger partial charge is 0.261 e. The van der Waals surface area contributed by atoms with Gasteiger partial charge in [0, 0.05) is 31.1 Å². The van der Waals surface area contributed by atoms with E-state index in [1.165, 1.54) is 0 Å². The molecule has 0 saturated carbocycles. The summed E-state index contributed by atoms with van der Waals surface area (Å²) < 4.78 is 38.8. The lowest BCUT2D eigenvalue weighted by Gasteiger charge is -2.29. The van der Waals surface area contributed by atoms with Crippen LogP contribution < -0.4 is 14.8 Å². The number of nitrogens with one attached hydrogen (secondary N) is 1. The van der Waals surface area contributed by atoms with Gasteiger partial charge >= 0.3 is 0 Å². The molecule has 2 aromatic carbocycles. The summed E-state index contributed by atoms with van der Waals surface area (Å²) in [5, 5.41) is 2.91. The predicted molar refractivity (Wildman–Crippen MR) is 121 cm³/mol. The van der Waals surface area contributed by atoms with Gasteiger partial charge in [0.2, 0.25) is 10.0 Å². The van der Waals surface area contributed by atoms with Gasteiger partial charge in [0.15, 0.2) is 6.10 Å². The third-order valence-corrected chi connectivity index (χ3v) is 8.34. The molecule has 2 aliphatic rings. The van der Waals surface area contributed by atoms with Crippen LogP contribution in [0.4, 0.5) is 0 Å². The molecule has 0 bridgehead atoms. The standard InChI is InChI=1S/C24H30N2O5S/c1-16-10-12-26(13-11-16)32(28,29)20-8-9-22-21(14-20)17(2)23(31-22)24(27)25-15-18-4-6-19(30-3)7-5-18/h4-9,14,16-17,23H,10-13,15H2,1-3H3,(H,25,27). The van der Waals surface area contributed by atoms with Crippen molar-refractivity contribution < 1.29 is 22.7 Å². The van der Waals surface area contributed by atoms with E-state index in [0.29, 0.717) is 31.3 Å². The SMILES string of the molecule is COc1ccc(CNC(=O)C2Oc3ccc(S(=O)(=O)N4CCC(C)CC4)cc3C2C)cc1. The van der Waals surface area contributed by atoms with Crippen molar-refractivity contribution in [1.82, 2.24) is 9.62 Å². The van der Waals surface area contributed by atoms with Crippen molar-refractivity contribution in [3.05, 3.63) is 53.6 Å². The number of sulfonamides is 1. The molecule has 2 unspecified atom stereocenters. The lowest BCUT2D eigenvalue weighted by Crippen LogP contribution is -2.38. The van der Waals surface area contributed by atoms with Crippen LogP contribution >= 0.6 is 0 Å². The zero-order valence-electron chi connectivity index (χ0n) is 18.7. The molecule has 2 heterocycles. The largest absolute Gasteiger partial charge is 0.497 e. The number of fused-ring (bicyclic) bond motifs is 1. The van der Waals surface area contributed by atoms with E-state index in [2.05, 4.69) is 12.2 Å². The minimum atomic E-state index is -3.55. The second-order valence-electron chi connectivity index (χ2n) is 8.68. The number of carbonyl (C=O) groups excluding carboxylic acids is 1. The molecular formula is C24H30N2O5S. The summed E-state index contributed by atoms with van der Waals surface area (Å²) in [5.41, 5.74) is 1.70. The van der Waals surface area contributed by atoms with Gasteiger partial charge in [-0.25, -0.2) is 8.42 Å². The maximum Gasteiger partial charge on any atom is 0.261 e. The minimum absolute atomic E-state index is 0.223. The third-order valence-electron chi connectivity index (χ3n) is 6.44. The first-order chi connectivity index (χ1) is 15.3. The van der Waals surface area contributed by atoms with Crippen LogP contribution in [0.5, 0.6) is 11.5 Å². The zero-order valence-corrected chi connectivity index (χ0v) is 19.5. The molecule has 32 heavy (non-hydrogen) atoms. The molecule has 2 aromatic rings. The molecule has 4 rings (SSSR count). The first-order valence-electron chi connectivity index (χ1n) is 11.0. The number of rotatable bonds is 6. The molecule has 0 aliphatic carbocycles. The fourth-order valence-electron chi connectivity index (χ4n) is 4.24. The maximum absolute atomic E-state index is 13.1. The number of hydrogen-bond donors (Lipinski definition) is 1. The van der Waals surface area contributed by atoms with Gasteiger partial charge < -0.3 is 14.8 Å². The monoisotopic (exact) mass is 458 g/mol. The highest BCUT2D eigenvalue weighted by Crippen LogP contribution is 2.40. The van der Waals surface area contributed by atoms with Gasteiger partial charge in [-0.2, -0.15) is 4.31 Å². The van der Waals surface area contributed by atoms with E-state index in [1.807, 2.05) is 31.2 Å². The fraction of sp³-hybridized carbons (Fsp3) is 0.458. The van der Waals surface area contributed by atoms with Crippen molar-refractivity contribution in [2.24, 2.45) is 5.92 Å². The topological polar surface area (TPSA) is 84.9 Å². The highest BCUT2D eigenvalue weighted by atomic mass is 32.2. The van der Waals surface area contributed by atoms with Crippen LogP contribution in [-0.4, -0.2) is 44.9 Å². The lowest BCUT2D eigenvalue weighted by molar-refractivity contribution is -0.128. The second kappa shape index (κ2) is 9.11. The van der Waals surface area contributed by atoms with Crippen LogP contribution in [0.1, 0.15) is 43.7 Å². The van der Waals surface area contributed by atoms with E-state index in [9.17, 15) is 13.2 Å². The highest BCUT2D eigenvalue weighted by molar-refractivity contribution is 7.89. The average Bonchev–Trinajstić information content (AvgIpc) is 3.14. The molecule has 1 saturated heterocycles. The van der Waals surface area contributed by atoms with Crippen LogP contribution in [0.15, 0.2) is 47.4 Å². The quantitative estimate of drug-likeness (QED) is 0.718. The third kappa shape index (κ3) is 4.47. The Morgan fingerprint density at radius 3 is 2.47 bits per heavy atom. The Balaban J connectivity index is 1.44.